The summed E-state index contributed by atoms with van der Waals surface area (Å²) in [5.41, 5.74) is 0.757. The monoisotopic (exact) mass is 274 g/mol. The van der Waals surface area contributed by atoms with E-state index in [2.05, 4.69) is 11.2 Å². The highest BCUT2D eigenvalue weighted by Crippen LogP contribution is 2.39. The lowest BCUT2D eigenvalue weighted by molar-refractivity contribution is 0.0962. The van der Waals surface area contributed by atoms with Crippen LogP contribution in [-0.2, 0) is 0 Å². The van der Waals surface area contributed by atoms with E-state index in [-0.39, 0.29) is 11.7 Å². The Morgan fingerprint density at radius 2 is 2.37 bits per heavy atom. The van der Waals surface area contributed by atoms with Crippen LogP contribution < -0.4 is 10.2 Å². The second-order valence-corrected chi connectivity index (χ2v) is 5.35. The Labute approximate surface area is 114 Å². The van der Waals surface area contributed by atoms with E-state index in [1.165, 1.54) is 23.5 Å². The first-order chi connectivity index (χ1) is 9.20. The Morgan fingerprint density at radius 1 is 1.53 bits per heavy atom. The summed E-state index contributed by atoms with van der Waals surface area (Å²) in [5.74, 6) is 2.17. The van der Waals surface area contributed by atoms with Crippen LogP contribution in [0.15, 0.2) is 18.2 Å². The van der Waals surface area contributed by atoms with E-state index >= 15 is 0 Å². The number of nitrogens with zero attached hydrogens (tertiary/aromatic N) is 1. The van der Waals surface area contributed by atoms with Gasteiger partial charge < -0.3 is 10.2 Å². The van der Waals surface area contributed by atoms with Crippen molar-refractivity contribution in [3.05, 3.63) is 28.9 Å². The molecule has 3 nitrogen and oxygen atoms in total. The van der Waals surface area contributed by atoms with Gasteiger partial charge in [0.15, 0.2) is 0 Å². The first kappa shape index (κ1) is 12.0. The number of hydrogen-bond acceptors (Lipinski definition) is 3. The molecule has 1 aliphatic rings. The second kappa shape index (κ2) is 4.56. The van der Waals surface area contributed by atoms with Crippen molar-refractivity contribution in [2.24, 2.45) is 0 Å². The minimum absolute atomic E-state index is 0.115. The molecule has 3 rings (SSSR count). The van der Waals surface area contributed by atoms with Gasteiger partial charge in [0.05, 0.1) is 12.2 Å². The maximum Gasteiger partial charge on any atom is 0.263 e. The number of hydrogen-bond donors (Lipinski definition) is 1. The maximum absolute atomic E-state index is 13.4. The summed E-state index contributed by atoms with van der Waals surface area (Å²) in [6.07, 6.45) is 5.38. The highest BCUT2D eigenvalue weighted by atomic mass is 32.1. The van der Waals surface area contributed by atoms with Crippen LogP contribution in [0.5, 0.6) is 0 Å². The zero-order chi connectivity index (χ0) is 13.4. The molecule has 0 bridgehead atoms. The van der Waals surface area contributed by atoms with E-state index in [0.717, 1.165) is 15.8 Å². The van der Waals surface area contributed by atoms with Gasteiger partial charge in [-0.05, 0) is 18.2 Å². The molecule has 1 aliphatic heterocycles. The molecule has 19 heavy (non-hydrogen) atoms. The lowest BCUT2D eigenvalue weighted by Gasteiger charge is -2.20. The number of rotatable bonds is 1. The summed E-state index contributed by atoms with van der Waals surface area (Å²) >= 11 is 1.37. The van der Waals surface area contributed by atoms with Crippen LogP contribution in [0.1, 0.15) is 9.67 Å². The van der Waals surface area contributed by atoms with Gasteiger partial charge in [-0.2, -0.15) is 0 Å². The van der Waals surface area contributed by atoms with Crippen molar-refractivity contribution in [3.63, 3.8) is 0 Å². The first-order valence-electron chi connectivity index (χ1n) is 5.89. The number of thiophene rings is 1. The number of terminal acetylenes is 1. The van der Waals surface area contributed by atoms with Crippen molar-refractivity contribution < 1.29 is 9.18 Å². The molecule has 0 aliphatic carbocycles. The molecule has 96 valence electrons. The normalized spacial score (nSPS) is 14.7. The molecule has 0 atom stereocenters. The molecule has 1 N–H and O–H groups in total. The van der Waals surface area contributed by atoms with E-state index < -0.39 is 0 Å². The Hall–Kier alpha value is -2.06. The van der Waals surface area contributed by atoms with Crippen LogP contribution in [0.25, 0.3) is 10.1 Å². The minimum atomic E-state index is -0.307. The van der Waals surface area contributed by atoms with Crippen molar-refractivity contribution in [1.82, 2.24) is 5.32 Å². The molecular formula is C14H11FN2OS. The fraction of sp³-hybridized carbons (Fsp3) is 0.214. The van der Waals surface area contributed by atoms with Crippen LogP contribution >= 0.6 is 11.3 Å². The Bertz CT molecular complexity index is 701. The number of carbonyl (C=O) groups excluding carboxylic acids is 1. The number of nitrogens with one attached hydrogen (secondary N) is 1. The molecule has 0 unspecified atom stereocenters. The molecule has 0 saturated carbocycles. The van der Waals surface area contributed by atoms with Gasteiger partial charge in [0.25, 0.3) is 5.91 Å². The molecule has 2 aromatic rings. The average molecular weight is 274 g/mol. The third-order valence-electron chi connectivity index (χ3n) is 3.10. The lowest BCUT2D eigenvalue weighted by Crippen LogP contribution is -2.30. The van der Waals surface area contributed by atoms with E-state index in [1.807, 2.05) is 4.90 Å². The summed E-state index contributed by atoms with van der Waals surface area (Å²) in [7, 11) is 0. The molecule has 1 amide bonds. The molecule has 5 heteroatoms. The molecule has 2 heterocycles. The van der Waals surface area contributed by atoms with Crippen molar-refractivity contribution in [2.45, 2.75) is 0 Å². The summed E-state index contributed by atoms with van der Waals surface area (Å²) in [6, 6.07) is 4.57. The van der Waals surface area contributed by atoms with Crippen LogP contribution in [0.3, 0.4) is 0 Å². The Morgan fingerprint density at radius 3 is 3.16 bits per heavy atom. The summed E-state index contributed by atoms with van der Waals surface area (Å²) in [5, 5.41) is 3.59. The number of carbonyl (C=O) groups is 1. The molecule has 0 fully saturated rings. The number of fused-ring (bicyclic) bond motifs is 3. The van der Waals surface area contributed by atoms with E-state index in [1.54, 1.807) is 6.07 Å². The van der Waals surface area contributed by atoms with Gasteiger partial charge in [-0.1, -0.05) is 5.92 Å². The quantitative estimate of drug-likeness (QED) is 0.809. The Balaban J connectivity index is 2.28. The van der Waals surface area contributed by atoms with Crippen LogP contribution in [0.2, 0.25) is 0 Å². The summed E-state index contributed by atoms with van der Waals surface area (Å²) < 4.78 is 14.3. The van der Waals surface area contributed by atoms with Crippen molar-refractivity contribution in [2.75, 3.05) is 24.5 Å². The summed E-state index contributed by atoms with van der Waals surface area (Å²) in [6.45, 7) is 1.58. The SMILES string of the molecule is C#CCN1CCNC(=O)c2sc3ccc(F)cc3c21. The second-order valence-electron chi connectivity index (χ2n) is 4.30. The zero-order valence-electron chi connectivity index (χ0n) is 10.1. The van der Waals surface area contributed by atoms with Gasteiger partial charge in [-0.25, -0.2) is 4.39 Å². The third-order valence-corrected chi connectivity index (χ3v) is 4.25. The number of anilines is 1. The molecule has 0 spiro atoms. The first-order valence-corrected chi connectivity index (χ1v) is 6.71. The van der Waals surface area contributed by atoms with Gasteiger partial charge in [0.2, 0.25) is 0 Å². The molecule has 0 radical (unpaired) electrons. The van der Waals surface area contributed by atoms with Crippen molar-refractivity contribution >= 4 is 33.0 Å². The fourth-order valence-electron chi connectivity index (χ4n) is 2.29. The highest BCUT2D eigenvalue weighted by Gasteiger charge is 2.25. The lowest BCUT2D eigenvalue weighted by atomic mass is 10.2. The predicted molar refractivity (Wildman–Crippen MR) is 75.2 cm³/mol. The van der Waals surface area contributed by atoms with E-state index in [4.69, 9.17) is 6.42 Å². The molecule has 1 aromatic carbocycles. The van der Waals surface area contributed by atoms with Crippen LogP contribution in [0, 0.1) is 18.2 Å². The van der Waals surface area contributed by atoms with Gasteiger partial charge in [-0.3, -0.25) is 4.79 Å². The van der Waals surface area contributed by atoms with Gasteiger partial charge >= 0.3 is 0 Å². The zero-order valence-corrected chi connectivity index (χ0v) is 10.9. The standard InChI is InChI=1S/C14H11FN2OS/c1-2-6-17-7-5-16-14(18)13-12(17)10-8-9(15)3-4-11(10)19-13/h1,3-4,8H,5-7H2,(H,16,18). The molecule has 1 aromatic heterocycles. The highest BCUT2D eigenvalue weighted by molar-refractivity contribution is 7.21. The van der Waals surface area contributed by atoms with Crippen LogP contribution in [0.4, 0.5) is 10.1 Å². The fourth-order valence-corrected chi connectivity index (χ4v) is 3.41. The number of benzene rings is 1. The maximum atomic E-state index is 13.4. The van der Waals surface area contributed by atoms with Crippen molar-refractivity contribution in [3.8, 4) is 12.3 Å². The molecule has 0 saturated heterocycles. The van der Waals surface area contributed by atoms with Gasteiger partial charge in [0, 0.05) is 23.2 Å². The minimum Gasteiger partial charge on any atom is -0.357 e. The molecular weight excluding hydrogens is 263 g/mol. The smallest absolute Gasteiger partial charge is 0.263 e. The van der Waals surface area contributed by atoms with Gasteiger partial charge in [-0.15, -0.1) is 17.8 Å². The van der Waals surface area contributed by atoms with E-state index in [9.17, 15) is 9.18 Å². The van der Waals surface area contributed by atoms with Gasteiger partial charge in [0.1, 0.15) is 10.7 Å². The van der Waals surface area contributed by atoms with Crippen molar-refractivity contribution in [1.29, 1.82) is 0 Å². The third kappa shape index (κ3) is 1.94. The topological polar surface area (TPSA) is 32.3 Å². The number of amides is 1. The number of halogens is 1. The largest absolute Gasteiger partial charge is 0.357 e. The Kier molecular flexibility index (Phi) is 2.88. The predicted octanol–water partition coefficient (Wildman–Crippen LogP) is 2.22. The van der Waals surface area contributed by atoms with Crippen LogP contribution in [-0.4, -0.2) is 25.5 Å². The van der Waals surface area contributed by atoms with E-state index in [0.29, 0.717) is 24.5 Å². The average Bonchev–Trinajstić information content (AvgIpc) is 2.68. The summed E-state index contributed by atoms with van der Waals surface area (Å²) in [4.78, 5) is 14.6.